The van der Waals surface area contributed by atoms with Crippen LogP contribution in [-0.4, -0.2) is 23.8 Å². The lowest BCUT2D eigenvalue weighted by Gasteiger charge is -2.32. The van der Waals surface area contributed by atoms with Gasteiger partial charge in [-0.25, -0.2) is 4.79 Å². The second-order valence-electron chi connectivity index (χ2n) is 3.97. The minimum absolute atomic E-state index is 0.0775. The molecule has 1 aliphatic carbocycles. The quantitative estimate of drug-likeness (QED) is 0.665. The normalized spacial score (nSPS) is 23.6. The predicted molar refractivity (Wildman–Crippen MR) is 49.2 cm³/mol. The first-order valence-electron chi connectivity index (χ1n) is 4.90. The molecule has 1 saturated carbocycles. The Hall–Kier alpha value is -0.570. The zero-order valence-corrected chi connectivity index (χ0v) is 8.38. The highest BCUT2D eigenvalue weighted by molar-refractivity contribution is 5.79. The monoisotopic (exact) mass is 186 g/mol. The Kier molecular flexibility index (Phi) is 3.31. The van der Waals surface area contributed by atoms with Crippen molar-refractivity contribution in [2.45, 2.75) is 44.6 Å². The van der Waals surface area contributed by atoms with Crippen molar-refractivity contribution in [2.24, 2.45) is 5.92 Å². The number of methoxy groups -OCH3 is 1. The highest BCUT2D eigenvalue weighted by Crippen LogP contribution is 2.33. The number of aliphatic hydroxyl groups is 1. The van der Waals surface area contributed by atoms with E-state index in [0.29, 0.717) is 0 Å². The molecule has 3 heteroatoms. The molecule has 0 aromatic heterocycles. The molecule has 13 heavy (non-hydrogen) atoms. The second-order valence-corrected chi connectivity index (χ2v) is 3.97. The number of hydrogen-bond acceptors (Lipinski definition) is 3. The molecule has 0 amide bonds. The number of carbonyl (C=O) groups is 1. The average Bonchev–Trinajstić information content (AvgIpc) is 2.18. The third kappa shape index (κ3) is 2.21. The van der Waals surface area contributed by atoms with Crippen LogP contribution in [0.3, 0.4) is 0 Å². The maximum Gasteiger partial charge on any atom is 0.337 e. The molecule has 0 spiro atoms. The summed E-state index contributed by atoms with van der Waals surface area (Å²) in [5.74, 6) is -0.423. The summed E-state index contributed by atoms with van der Waals surface area (Å²) in [6.45, 7) is 1.56. The molecule has 0 bridgehead atoms. The number of ether oxygens (including phenoxy) is 1. The smallest absolute Gasteiger partial charge is 0.337 e. The lowest BCUT2D eigenvalue weighted by atomic mass is 9.78. The molecule has 0 radical (unpaired) electrons. The molecule has 0 aromatic rings. The van der Waals surface area contributed by atoms with E-state index in [1.807, 2.05) is 0 Å². The zero-order chi connectivity index (χ0) is 9.90. The van der Waals surface area contributed by atoms with E-state index in [4.69, 9.17) is 0 Å². The Balaban J connectivity index is 2.60. The summed E-state index contributed by atoms with van der Waals surface area (Å²) in [7, 11) is 1.32. The SMILES string of the molecule is COC(=O)[C@@](C)(O)C1CCCCC1. The Bertz CT molecular complexity index is 181. The first kappa shape index (κ1) is 10.5. The molecule has 0 heterocycles. The summed E-state index contributed by atoms with van der Waals surface area (Å²) < 4.78 is 4.58. The lowest BCUT2D eigenvalue weighted by molar-refractivity contribution is -0.167. The largest absolute Gasteiger partial charge is 0.467 e. The standard InChI is InChI=1S/C10H18O3/c1-10(12,9(11)13-2)8-6-4-3-5-7-8/h8,12H,3-7H2,1-2H3/t10-/m0/s1. The highest BCUT2D eigenvalue weighted by atomic mass is 16.5. The molecule has 0 aliphatic heterocycles. The molecule has 1 atom stereocenters. The van der Waals surface area contributed by atoms with Gasteiger partial charge in [0.05, 0.1) is 7.11 Å². The predicted octanol–water partition coefficient (Wildman–Crippen LogP) is 1.49. The average molecular weight is 186 g/mol. The van der Waals surface area contributed by atoms with Gasteiger partial charge in [-0.05, 0) is 25.7 Å². The Morgan fingerprint density at radius 2 is 1.92 bits per heavy atom. The van der Waals surface area contributed by atoms with Crippen LogP contribution in [0, 0.1) is 5.92 Å². The van der Waals surface area contributed by atoms with Crippen LogP contribution in [0.4, 0.5) is 0 Å². The molecular formula is C10H18O3. The van der Waals surface area contributed by atoms with Crippen LogP contribution in [-0.2, 0) is 9.53 Å². The Morgan fingerprint density at radius 3 is 2.38 bits per heavy atom. The third-order valence-electron chi connectivity index (χ3n) is 3.00. The fourth-order valence-electron chi connectivity index (χ4n) is 2.04. The molecule has 0 unspecified atom stereocenters. The van der Waals surface area contributed by atoms with E-state index in [1.54, 1.807) is 6.92 Å². The van der Waals surface area contributed by atoms with Gasteiger partial charge in [-0.3, -0.25) is 0 Å². The van der Waals surface area contributed by atoms with Crippen LogP contribution in [0.5, 0.6) is 0 Å². The van der Waals surface area contributed by atoms with Crippen LogP contribution in [0.15, 0.2) is 0 Å². The molecular weight excluding hydrogens is 168 g/mol. The number of carbonyl (C=O) groups excluding carboxylic acids is 1. The summed E-state index contributed by atoms with van der Waals surface area (Å²) in [5.41, 5.74) is -1.28. The van der Waals surface area contributed by atoms with Gasteiger partial charge in [-0.15, -0.1) is 0 Å². The molecule has 1 aliphatic rings. The minimum atomic E-state index is -1.28. The van der Waals surface area contributed by atoms with Crippen LogP contribution >= 0.6 is 0 Å². The summed E-state index contributed by atoms with van der Waals surface area (Å²) in [6.07, 6.45) is 5.30. The topological polar surface area (TPSA) is 46.5 Å². The summed E-state index contributed by atoms with van der Waals surface area (Å²) in [4.78, 5) is 11.3. The second kappa shape index (κ2) is 4.09. The van der Waals surface area contributed by atoms with Gasteiger partial charge in [0.25, 0.3) is 0 Å². The van der Waals surface area contributed by atoms with Gasteiger partial charge in [-0.1, -0.05) is 19.3 Å². The third-order valence-corrected chi connectivity index (χ3v) is 3.00. The van der Waals surface area contributed by atoms with E-state index in [0.717, 1.165) is 25.7 Å². The van der Waals surface area contributed by atoms with Crippen molar-refractivity contribution in [1.82, 2.24) is 0 Å². The number of rotatable bonds is 2. The van der Waals surface area contributed by atoms with Gasteiger partial charge in [0.2, 0.25) is 0 Å². The summed E-state index contributed by atoms with van der Waals surface area (Å²) in [5, 5.41) is 9.93. The fourth-order valence-corrected chi connectivity index (χ4v) is 2.04. The van der Waals surface area contributed by atoms with Crippen molar-refractivity contribution in [3.8, 4) is 0 Å². The zero-order valence-electron chi connectivity index (χ0n) is 8.38. The maximum atomic E-state index is 11.3. The van der Waals surface area contributed by atoms with Gasteiger partial charge in [0.1, 0.15) is 0 Å². The van der Waals surface area contributed by atoms with Crippen LogP contribution in [0.2, 0.25) is 0 Å². The number of hydrogen-bond donors (Lipinski definition) is 1. The molecule has 1 fully saturated rings. The van der Waals surface area contributed by atoms with E-state index >= 15 is 0 Å². The van der Waals surface area contributed by atoms with E-state index < -0.39 is 11.6 Å². The number of esters is 1. The van der Waals surface area contributed by atoms with Gasteiger partial charge in [-0.2, -0.15) is 0 Å². The van der Waals surface area contributed by atoms with Crippen molar-refractivity contribution in [1.29, 1.82) is 0 Å². The van der Waals surface area contributed by atoms with Crippen LogP contribution in [0.1, 0.15) is 39.0 Å². The van der Waals surface area contributed by atoms with Crippen LogP contribution in [0.25, 0.3) is 0 Å². The molecule has 0 saturated heterocycles. The van der Waals surface area contributed by atoms with Crippen molar-refractivity contribution in [3.63, 3.8) is 0 Å². The van der Waals surface area contributed by atoms with Gasteiger partial charge < -0.3 is 9.84 Å². The molecule has 76 valence electrons. The van der Waals surface area contributed by atoms with Gasteiger partial charge >= 0.3 is 5.97 Å². The van der Waals surface area contributed by atoms with E-state index in [2.05, 4.69) is 4.74 Å². The molecule has 1 rings (SSSR count). The minimum Gasteiger partial charge on any atom is -0.467 e. The van der Waals surface area contributed by atoms with Crippen molar-refractivity contribution >= 4 is 5.97 Å². The first-order chi connectivity index (χ1) is 6.09. The summed E-state index contributed by atoms with van der Waals surface area (Å²) in [6, 6.07) is 0. The van der Waals surface area contributed by atoms with Crippen molar-refractivity contribution < 1.29 is 14.6 Å². The van der Waals surface area contributed by atoms with E-state index in [-0.39, 0.29) is 5.92 Å². The van der Waals surface area contributed by atoms with E-state index in [1.165, 1.54) is 13.5 Å². The van der Waals surface area contributed by atoms with Crippen LogP contribution < -0.4 is 0 Å². The lowest BCUT2D eigenvalue weighted by Crippen LogP contribution is -2.44. The summed E-state index contributed by atoms with van der Waals surface area (Å²) >= 11 is 0. The highest BCUT2D eigenvalue weighted by Gasteiger charge is 2.40. The molecule has 3 nitrogen and oxygen atoms in total. The molecule has 1 N–H and O–H groups in total. The van der Waals surface area contributed by atoms with Gasteiger partial charge in [0, 0.05) is 0 Å². The van der Waals surface area contributed by atoms with Crippen molar-refractivity contribution in [2.75, 3.05) is 7.11 Å². The fraction of sp³-hybridized carbons (Fsp3) is 0.900. The molecule has 0 aromatic carbocycles. The van der Waals surface area contributed by atoms with Gasteiger partial charge in [0.15, 0.2) is 5.60 Å². The Morgan fingerprint density at radius 1 is 1.38 bits per heavy atom. The Labute approximate surface area is 79.1 Å². The first-order valence-corrected chi connectivity index (χ1v) is 4.90. The van der Waals surface area contributed by atoms with E-state index in [9.17, 15) is 9.90 Å². The maximum absolute atomic E-state index is 11.3. The van der Waals surface area contributed by atoms with Crippen molar-refractivity contribution in [3.05, 3.63) is 0 Å².